The first kappa shape index (κ1) is 12.4. The molecule has 100 valence electrons. The fraction of sp³-hybridized carbons (Fsp3) is 0.0833. The Morgan fingerprint density at radius 1 is 1.40 bits per heavy atom. The van der Waals surface area contributed by atoms with Gasteiger partial charge in [-0.25, -0.2) is 9.97 Å². The SMILES string of the molecule is O=C(NCc1ccnc(-n2ccnc2)c1)c1cnns1. The van der Waals surface area contributed by atoms with Gasteiger partial charge in [0.2, 0.25) is 0 Å². The van der Waals surface area contributed by atoms with Gasteiger partial charge >= 0.3 is 0 Å². The Morgan fingerprint density at radius 2 is 2.35 bits per heavy atom. The number of carbonyl (C=O) groups excluding carboxylic acids is 1. The molecular formula is C12H10N6OS. The fourth-order valence-electron chi connectivity index (χ4n) is 1.64. The van der Waals surface area contributed by atoms with Crippen LogP contribution in [0.5, 0.6) is 0 Å². The van der Waals surface area contributed by atoms with Gasteiger partial charge in [0.05, 0.1) is 6.20 Å². The van der Waals surface area contributed by atoms with Gasteiger partial charge in [0, 0.05) is 25.1 Å². The van der Waals surface area contributed by atoms with E-state index in [1.54, 1.807) is 23.3 Å². The monoisotopic (exact) mass is 286 g/mol. The molecule has 3 heterocycles. The molecule has 0 bridgehead atoms. The van der Waals surface area contributed by atoms with E-state index in [-0.39, 0.29) is 5.91 Å². The molecule has 0 fully saturated rings. The van der Waals surface area contributed by atoms with Crippen molar-refractivity contribution in [1.82, 2.24) is 29.4 Å². The number of nitrogens with one attached hydrogen (secondary N) is 1. The number of carbonyl (C=O) groups is 1. The fourth-order valence-corrected chi connectivity index (χ4v) is 2.07. The van der Waals surface area contributed by atoms with Gasteiger partial charge in [0.1, 0.15) is 17.0 Å². The summed E-state index contributed by atoms with van der Waals surface area (Å²) in [7, 11) is 0. The van der Waals surface area contributed by atoms with Crippen LogP contribution in [-0.4, -0.2) is 30.0 Å². The van der Waals surface area contributed by atoms with Crippen molar-refractivity contribution in [3.05, 3.63) is 53.7 Å². The molecule has 0 spiro atoms. The molecule has 0 saturated heterocycles. The molecule has 1 N–H and O–H groups in total. The molecule has 3 aromatic heterocycles. The first-order chi connectivity index (χ1) is 9.83. The van der Waals surface area contributed by atoms with Crippen LogP contribution in [0, 0.1) is 0 Å². The number of pyridine rings is 1. The Balaban J connectivity index is 1.69. The Labute approximate surface area is 118 Å². The van der Waals surface area contributed by atoms with Gasteiger partial charge in [-0.05, 0) is 29.2 Å². The minimum Gasteiger partial charge on any atom is -0.347 e. The zero-order valence-electron chi connectivity index (χ0n) is 10.3. The molecule has 3 rings (SSSR count). The lowest BCUT2D eigenvalue weighted by Gasteiger charge is -2.06. The van der Waals surface area contributed by atoms with Crippen LogP contribution in [0.4, 0.5) is 0 Å². The summed E-state index contributed by atoms with van der Waals surface area (Å²) in [5.41, 5.74) is 0.953. The second-order valence-corrected chi connectivity index (χ2v) is 4.74. The highest BCUT2D eigenvalue weighted by Crippen LogP contribution is 2.07. The lowest BCUT2D eigenvalue weighted by Crippen LogP contribution is -2.21. The number of imidazole rings is 1. The second-order valence-electron chi connectivity index (χ2n) is 3.96. The number of amides is 1. The van der Waals surface area contributed by atoms with Gasteiger partial charge in [-0.15, -0.1) is 5.10 Å². The average Bonchev–Trinajstić information content (AvgIpc) is 3.17. The summed E-state index contributed by atoms with van der Waals surface area (Å²) in [6.45, 7) is 0.418. The van der Waals surface area contributed by atoms with Crippen LogP contribution >= 0.6 is 11.5 Å². The first-order valence-electron chi connectivity index (χ1n) is 5.82. The molecule has 0 saturated carbocycles. The quantitative estimate of drug-likeness (QED) is 0.774. The minimum atomic E-state index is -0.180. The summed E-state index contributed by atoms with van der Waals surface area (Å²) in [5, 5.41) is 6.45. The molecule has 0 atom stereocenters. The number of rotatable bonds is 4. The molecule has 0 radical (unpaired) electrons. The van der Waals surface area contributed by atoms with Crippen LogP contribution in [0.1, 0.15) is 15.2 Å². The van der Waals surface area contributed by atoms with Crippen molar-refractivity contribution in [3.8, 4) is 5.82 Å². The maximum absolute atomic E-state index is 11.8. The highest BCUT2D eigenvalue weighted by Gasteiger charge is 2.08. The molecule has 8 heteroatoms. The predicted octanol–water partition coefficient (Wildman–Crippen LogP) is 1.05. The van der Waals surface area contributed by atoms with Crippen LogP contribution < -0.4 is 5.32 Å². The van der Waals surface area contributed by atoms with E-state index in [1.165, 1.54) is 6.20 Å². The van der Waals surface area contributed by atoms with Gasteiger partial charge in [-0.3, -0.25) is 9.36 Å². The highest BCUT2D eigenvalue weighted by atomic mass is 32.1. The molecule has 3 aromatic rings. The Hall–Kier alpha value is -2.61. The summed E-state index contributed by atoms with van der Waals surface area (Å²) in [6.07, 6.45) is 8.32. The van der Waals surface area contributed by atoms with E-state index in [9.17, 15) is 4.79 Å². The summed E-state index contributed by atoms with van der Waals surface area (Å²) in [4.78, 5) is 20.5. The number of hydrogen-bond donors (Lipinski definition) is 1. The Morgan fingerprint density at radius 3 is 3.10 bits per heavy atom. The highest BCUT2D eigenvalue weighted by molar-refractivity contribution is 7.07. The number of hydrogen-bond acceptors (Lipinski definition) is 6. The summed E-state index contributed by atoms with van der Waals surface area (Å²) in [5.74, 6) is 0.578. The lowest BCUT2D eigenvalue weighted by atomic mass is 10.2. The molecule has 0 unspecified atom stereocenters. The van der Waals surface area contributed by atoms with E-state index in [0.29, 0.717) is 11.4 Å². The Bertz CT molecular complexity index is 695. The van der Waals surface area contributed by atoms with Crippen molar-refractivity contribution < 1.29 is 4.79 Å². The molecule has 1 amide bonds. The molecule has 20 heavy (non-hydrogen) atoms. The molecule has 0 aliphatic heterocycles. The van der Waals surface area contributed by atoms with E-state index < -0.39 is 0 Å². The van der Waals surface area contributed by atoms with Crippen LogP contribution in [0.25, 0.3) is 5.82 Å². The first-order valence-corrected chi connectivity index (χ1v) is 6.59. The van der Waals surface area contributed by atoms with Gasteiger partial charge < -0.3 is 5.32 Å². The van der Waals surface area contributed by atoms with Crippen molar-refractivity contribution in [2.24, 2.45) is 0 Å². The van der Waals surface area contributed by atoms with Crippen LogP contribution in [0.3, 0.4) is 0 Å². The van der Waals surface area contributed by atoms with Crippen LogP contribution in [-0.2, 0) is 6.54 Å². The maximum atomic E-state index is 11.8. The molecule has 0 aliphatic carbocycles. The number of aromatic nitrogens is 5. The van der Waals surface area contributed by atoms with Crippen molar-refractivity contribution in [3.63, 3.8) is 0 Å². The Kier molecular flexibility index (Phi) is 3.46. The van der Waals surface area contributed by atoms with Crippen molar-refractivity contribution >= 4 is 17.4 Å². The largest absolute Gasteiger partial charge is 0.347 e. The standard InChI is InChI=1S/C12H10N6OS/c19-12(10-7-16-17-20-10)15-6-9-1-2-14-11(5-9)18-4-3-13-8-18/h1-5,7-8H,6H2,(H,15,19). The average molecular weight is 286 g/mol. The zero-order valence-corrected chi connectivity index (χ0v) is 11.1. The molecule has 0 aromatic carbocycles. The van der Waals surface area contributed by atoms with Gasteiger partial charge in [0.15, 0.2) is 0 Å². The minimum absolute atomic E-state index is 0.180. The summed E-state index contributed by atoms with van der Waals surface area (Å²) < 4.78 is 5.46. The van der Waals surface area contributed by atoms with Crippen molar-refractivity contribution in [2.45, 2.75) is 6.54 Å². The van der Waals surface area contributed by atoms with E-state index >= 15 is 0 Å². The summed E-state index contributed by atoms with van der Waals surface area (Å²) >= 11 is 1.07. The normalized spacial score (nSPS) is 10.4. The predicted molar refractivity (Wildman–Crippen MR) is 72.4 cm³/mol. The van der Waals surface area contributed by atoms with E-state index in [0.717, 1.165) is 22.9 Å². The van der Waals surface area contributed by atoms with Crippen molar-refractivity contribution in [1.29, 1.82) is 0 Å². The van der Waals surface area contributed by atoms with Gasteiger partial charge in [-0.2, -0.15) is 0 Å². The summed E-state index contributed by atoms with van der Waals surface area (Å²) in [6, 6.07) is 3.75. The van der Waals surface area contributed by atoms with E-state index in [4.69, 9.17) is 0 Å². The number of nitrogens with zero attached hydrogens (tertiary/aromatic N) is 5. The van der Waals surface area contributed by atoms with Gasteiger partial charge in [0.25, 0.3) is 5.91 Å². The zero-order chi connectivity index (χ0) is 13.8. The van der Waals surface area contributed by atoms with Crippen molar-refractivity contribution in [2.75, 3.05) is 0 Å². The van der Waals surface area contributed by atoms with E-state index in [1.807, 2.05) is 18.3 Å². The third kappa shape index (κ3) is 2.69. The van der Waals surface area contributed by atoms with Crippen LogP contribution in [0.15, 0.2) is 43.2 Å². The second kappa shape index (κ2) is 5.57. The maximum Gasteiger partial charge on any atom is 0.264 e. The molecule has 0 aliphatic rings. The topological polar surface area (TPSA) is 85.6 Å². The molecule has 7 nitrogen and oxygen atoms in total. The smallest absolute Gasteiger partial charge is 0.264 e. The van der Waals surface area contributed by atoms with Crippen LogP contribution in [0.2, 0.25) is 0 Å². The third-order valence-electron chi connectivity index (χ3n) is 2.62. The van der Waals surface area contributed by atoms with Gasteiger partial charge in [-0.1, -0.05) is 4.49 Å². The van der Waals surface area contributed by atoms with E-state index in [2.05, 4.69) is 24.9 Å². The third-order valence-corrected chi connectivity index (χ3v) is 3.28. The lowest BCUT2D eigenvalue weighted by molar-refractivity contribution is 0.0954. The molecular weight excluding hydrogens is 276 g/mol.